The minimum Gasteiger partial charge on any atom is -0.508 e. The molecule has 8 heteroatoms. The summed E-state index contributed by atoms with van der Waals surface area (Å²) in [6.07, 6.45) is 1.60. The number of benzene rings is 1. The average molecular weight is 420 g/mol. The van der Waals surface area contributed by atoms with Crippen molar-refractivity contribution in [1.82, 2.24) is 10.3 Å². The fourth-order valence-corrected chi connectivity index (χ4v) is 3.85. The van der Waals surface area contributed by atoms with Crippen molar-refractivity contribution in [2.24, 2.45) is 0 Å². The minimum atomic E-state index is -0.416. The van der Waals surface area contributed by atoms with E-state index < -0.39 is 6.04 Å². The summed E-state index contributed by atoms with van der Waals surface area (Å²) < 4.78 is 5.27. The van der Waals surface area contributed by atoms with Gasteiger partial charge in [-0.2, -0.15) is 0 Å². The maximum Gasteiger partial charge on any atom is 0.255 e. The summed E-state index contributed by atoms with van der Waals surface area (Å²) in [6, 6.07) is 17.2. The van der Waals surface area contributed by atoms with Crippen LogP contribution in [0.25, 0.3) is 0 Å². The highest BCUT2D eigenvalue weighted by Gasteiger charge is 2.21. The number of phenolic OH excluding ortho intramolecular Hbond substituents is 1. The number of furan rings is 1. The van der Waals surface area contributed by atoms with Gasteiger partial charge in [0.1, 0.15) is 23.1 Å². The number of pyridine rings is 1. The van der Waals surface area contributed by atoms with Gasteiger partial charge in [0.25, 0.3) is 5.91 Å². The average Bonchev–Trinajstić information content (AvgIpc) is 3.44. The molecule has 0 radical (unpaired) electrons. The van der Waals surface area contributed by atoms with Crippen molar-refractivity contribution in [2.45, 2.75) is 12.6 Å². The Hall–Kier alpha value is -3.78. The molecule has 0 saturated heterocycles. The molecular weight excluding hydrogens is 400 g/mol. The largest absolute Gasteiger partial charge is 0.508 e. The maximum atomic E-state index is 13.0. The van der Waals surface area contributed by atoms with Crippen LogP contribution in [0, 0.1) is 0 Å². The first-order valence-corrected chi connectivity index (χ1v) is 10.1. The first-order valence-electron chi connectivity index (χ1n) is 9.26. The maximum absolute atomic E-state index is 13.0. The summed E-state index contributed by atoms with van der Waals surface area (Å²) in [5.41, 5.74) is 7.11. The fourth-order valence-electron chi connectivity index (χ4n) is 3.04. The zero-order chi connectivity index (χ0) is 20.9. The summed E-state index contributed by atoms with van der Waals surface area (Å²) in [6.45, 7) is 0.461. The second kappa shape index (κ2) is 8.71. The Morgan fingerprint density at radius 1 is 1.17 bits per heavy atom. The number of nitrogens with one attached hydrogen (secondary N) is 2. The van der Waals surface area contributed by atoms with Gasteiger partial charge in [-0.3, -0.25) is 4.79 Å². The Morgan fingerprint density at radius 2 is 2.07 bits per heavy atom. The molecule has 0 aliphatic rings. The molecule has 30 heavy (non-hydrogen) atoms. The van der Waals surface area contributed by atoms with E-state index in [1.165, 1.54) is 11.3 Å². The van der Waals surface area contributed by atoms with Gasteiger partial charge in [0.05, 0.1) is 24.4 Å². The number of nitrogens with zero attached hydrogens (tertiary/aromatic N) is 1. The molecule has 0 spiro atoms. The van der Waals surface area contributed by atoms with Crippen molar-refractivity contribution in [2.75, 3.05) is 11.1 Å². The number of thiophene rings is 1. The first-order chi connectivity index (χ1) is 14.6. The number of aromatic nitrogens is 1. The molecule has 0 saturated carbocycles. The van der Waals surface area contributed by atoms with Gasteiger partial charge in [-0.15, -0.1) is 11.3 Å². The lowest BCUT2D eigenvalue weighted by molar-refractivity contribution is 0.0944. The lowest BCUT2D eigenvalue weighted by Crippen LogP contribution is -2.29. The number of carbonyl (C=O) groups is 1. The molecule has 4 aromatic rings. The van der Waals surface area contributed by atoms with Crippen molar-refractivity contribution in [1.29, 1.82) is 0 Å². The summed E-state index contributed by atoms with van der Waals surface area (Å²) in [5, 5.41) is 17.9. The third-order valence-corrected chi connectivity index (χ3v) is 5.44. The monoisotopic (exact) mass is 420 g/mol. The molecule has 4 rings (SSSR count). The summed E-state index contributed by atoms with van der Waals surface area (Å²) in [7, 11) is 0. The molecule has 3 heterocycles. The van der Waals surface area contributed by atoms with E-state index in [0.29, 0.717) is 12.4 Å². The van der Waals surface area contributed by atoms with Crippen LogP contribution in [0.15, 0.2) is 76.7 Å². The number of nitrogens with two attached hydrogens (primary N) is 1. The summed E-state index contributed by atoms with van der Waals surface area (Å²) in [4.78, 5) is 18.2. The van der Waals surface area contributed by atoms with Crippen molar-refractivity contribution < 1.29 is 14.3 Å². The Bertz CT molecular complexity index is 1130. The molecule has 0 aliphatic carbocycles. The van der Waals surface area contributed by atoms with Gasteiger partial charge in [-0.05, 0) is 53.4 Å². The lowest BCUT2D eigenvalue weighted by Gasteiger charge is -2.19. The second-order valence-electron chi connectivity index (χ2n) is 6.58. The van der Waals surface area contributed by atoms with E-state index in [0.717, 1.165) is 16.2 Å². The van der Waals surface area contributed by atoms with Crippen molar-refractivity contribution in [3.05, 3.63) is 94.1 Å². The van der Waals surface area contributed by atoms with Crippen LogP contribution in [0.2, 0.25) is 0 Å². The molecule has 152 valence electrons. The Kier molecular flexibility index (Phi) is 5.67. The molecule has 5 N–H and O–H groups in total. The number of aromatic hydroxyl groups is 1. The predicted molar refractivity (Wildman–Crippen MR) is 116 cm³/mol. The molecule has 1 atom stereocenters. The number of carbonyl (C=O) groups excluding carboxylic acids is 1. The van der Waals surface area contributed by atoms with Crippen LogP contribution in [-0.2, 0) is 6.54 Å². The molecule has 0 aliphatic heterocycles. The van der Waals surface area contributed by atoms with Gasteiger partial charge in [0, 0.05) is 4.88 Å². The van der Waals surface area contributed by atoms with Crippen molar-refractivity contribution in [3.8, 4) is 5.75 Å². The second-order valence-corrected chi connectivity index (χ2v) is 7.56. The highest BCUT2D eigenvalue weighted by molar-refractivity contribution is 7.10. The molecule has 7 nitrogen and oxygen atoms in total. The summed E-state index contributed by atoms with van der Waals surface area (Å²) in [5.74, 6) is 1.22. The van der Waals surface area contributed by atoms with E-state index in [4.69, 9.17) is 10.2 Å². The van der Waals surface area contributed by atoms with Crippen LogP contribution in [0.5, 0.6) is 5.75 Å². The molecule has 1 unspecified atom stereocenters. The van der Waals surface area contributed by atoms with Crippen molar-refractivity contribution >= 4 is 28.9 Å². The van der Waals surface area contributed by atoms with E-state index in [-0.39, 0.29) is 23.0 Å². The van der Waals surface area contributed by atoms with E-state index in [2.05, 4.69) is 15.6 Å². The lowest BCUT2D eigenvalue weighted by atomic mass is 10.0. The molecule has 0 fully saturated rings. The molecule has 1 aromatic carbocycles. The SMILES string of the molecule is Nc1nc(NCc2ccco2)ccc1C(=O)NC(c1cccc(O)c1)c1cccs1. The number of anilines is 2. The van der Waals surface area contributed by atoms with E-state index >= 15 is 0 Å². The standard InChI is InChI=1S/C22H20N4O3S/c23-21-17(8-9-19(25-21)24-13-16-6-2-10-29-16)22(28)26-20(18-7-3-11-30-18)14-4-1-5-15(27)12-14/h1-12,20,27H,13H2,(H,26,28)(H3,23,24,25). The normalized spacial score (nSPS) is 11.7. The Morgan fingerprint density at radius 3 is 2.77 bits per heavy atom. The van der Waals surface area contributed by atoms with Gasteiger partial charge >= 0.3 is 0 Å². The third-order valence-electron chi connectivity index (χ3n) is 4.50. The van der Waals surface area contributed by atoms with Crippen molar-refractivity contribution in [3.63, 3.8) is 0 Å². The molecular formula is C22H20N4O3S. The van der Waals surface area contributed by atoms with Gasteiger partial charge in [-0.25, -0.2) is 4.98 Å². The zero-order valence-electron chi connectivity index (χ0n) is 15.9. The number of rotatable bonds is 7. The van der Waals surface area contributed by atoms with Crippen LogP contribution in [0.3, 0.4) is 0 Å². The predicted octanol–water partition coefficient (Wildman–Crippen LogP) is 4.16. The third kappa shape index (κ3) is 4.44. The molecule has 0 bridgehead atoms. The van der Waals surface area contributed by atoms with E-state index in [1.54, 1.807) is 36.6 Å². The highest BCUT2D eigenvalue weighted by Crippen LogP contribution is 2.28. The van der Waals surface area contributed by atoms with Gasteiger partial charge in [-0.1, -0.05) is 18.2 Å². The fraction of sp³-hybridized carbons (Fsp3) is 0.0909. The van der Waals surface area contributed by atoms with Gasteiger partial charge < -0.3 is 25.9 Å². The van der Waals surface area contributed by atoms with Crippen LogP contribution >= 0.6 is 11.3 Å². The van der Waals surface area contributed by atoms with E-state index in [1.807, 2.05) is 35.7 Å². The molecule has 1 amide bonds. The topological polar surface area (TPSA) is 113 Å². The number of hydrogen-bond donors (Lipinski definition) is 4. The van der Waals surface area contributed by atoms with Gasteiger partial charge in [0.2, 0.25) is 0 Å². The van der Waals surface area contributed by atoms with E-state index in [9.17, 15) is 9.90 Å². The number of nitrogen functional groups attached to an aromatic ring is 1. The van der Waals surface area contributed by atoms with Crippen LogP contribution in [0.4, 0.5) is 11.6 Å². The smallest absolute Gasteiger partial charge is 0.255 e. The zero-order valence-corrected chi connectivity index (χ0v) is 16.7. The number of phenols is 1. The van der Waals surface area contributed by atoms with Crippen LogP contribution in [0.1, 0.15) is 32.6 Å². The highest BCUT2D eigenvalue weighted by atomic mass is 32.1. The Balaban J connectivity index is 1.52. The summed E-state index contributed by atoms with van der Waals surface area (Å²) >= 11 is 1.52. The van der Waals surface area contributed by atoms with Crippen LogP contribution in [-0.4, -0.2) is 16.0 Å². The van der Waals surface area contributed by atoms with Crippen LogP contribution < -0.4 is 16.4 Å². The van der Waals surface area contributed by atoms with Gasteiger partial charge in [0.15, 0.2) is 0 Å². The number of hydrogen-bond acceptors (Lipinski definition) is 7. The number of amides is 1. The Labute approximate surface area is 177 Å². The quantitative estimate of drug-likeness (QED) is 0.357. The molecule has 3 aromatic heterocycles. The minimum absolute atomic E-state index is 0.123. The first kappa shape index (κ1) is 19.5.